The monoisotopic (exact) mass is 375 g/mol. The van der Waals surface area contributed by atoms with Crippen LogP contribution in [0.3, 0.4) is 0 Å². The molecular weight excluding hydrogens is 350 g/mol. The molecule has 2 heterocycles. The van der Waals surface area contributed by atoms with Gasteiger partial charge in [0.15, 0.2) is 0 Å². The summed E-state index contributed by atoms with van der Waals surface area (Å²) in [5.74, 6) is 1.32. The lowest BCUT2D eigenvalue weighted by molar-refractivity contribution is 0.0203. The number of carbonyl (C=O) groups excluding carboxylic acids is 1. The third-order valence-electron chi connectivity index (χ3n) is 4.57. The molecule has 6 heteroatoms. The molecule has 1 N–H and O–H groups in total. The largest absolute Gasteiger partial charge is 0.444 e. The molecule has 1 saturated heterocycles. The number of piperidine rings is 1. The van der Waals surface area contributed by atoms with E-state index >= 15 is 0 Å². The number of carbonyl (C=O) groups is 1. The summed E-state index contributed by atoms with van der Waals surface area (Å²) in [6.45, 7) is 9.07. The number of amides is 1. The Morgan fingerprint density at radius 3 is 2.42 bits per heavy atom. The number of hydrogen-bond acceptors (Lipinski definition) is 3. The molecule has 0 unspecified atom stereocenters. The van der Waals surface area contributed by atoms with Crippen LogP contribution in [0, 0.1) is 6.92 Å². The Bertz CT molecular complexity index is 769. The molecule has 0 atom stereocenters. The number of aryl methyl sites for hydroxylation is 1. The second-order valence-electron chi connectivity index (χ2n) is 7.83. The Morgan fingerprint density at radius 2 is 1.85 bits per heavy atom. The summed E-state index contributed by atoms with van der Waals surface area (Å²) in [5.41, 5.74) is 2.64. The maximum atomic E-state index is 12.2. The minimum Gasteiger partial charge on any atom is -0.444 e. The van der Waals surface area contributed by atoms with E-state index in [1.54, 1.807) is 4.90 Å². The van der Waals surface area contributed by atoms with E-state index < -0.39 is 5.60 Å². The minimum atomic E-state index is -0.459. The average Bonchev–Trinajstić information content (AvgIpc) is 2.96. The van der Waals surface area contributed by atoms with Crippen molar-refractivity contribution in [2.24, 2.45) is 0 Å². The molecule has 0 saturated carbocycles. The third kappa shape index (κ3) is 4.39. The standard InChI is InChI=1S/C20H26ClN3O2/c1-13-17(14-5-7-16(21)8-6-14)23-18(22-13)15-9-11-24(12-10-15)19(25)26-20(2,3)4/h5-8,15H,9-12H2,1-4H3,(H,22,23). The first kappa shape index (κ1) is 18.8. The van der Waals surface area contributed by atoms with Gasteiger partial charge in [0.25, 0.3) is 0 Å². The molecule has 26 heavy (non-hydrogen) atoms. The van der Waals surface area contributed by atoms with Crippen LogP contribution >= 0.6 is 11.6 Å². The lowest BCUT2D eigenvalue weighted by Crippen LogP contribution is -2.41. The summed E-state index contributed by atoms with van der Waals surface area (Å²) in [5, 5.41) is 0.723. The zero-order valence-electron chi connectivity index (χ0n) is 15.8. The quantitative estimate of drug-likeness (QED) is 0.789. The van der Waals surface area contributed by atoms with Crippen LogP contribution in [0.25, 0.3) is 11.3 Å². The fraction of sp³-hybridized carbons (Fsp3) is 0.500. The number of ether oxygens (including phenoxy) is 1. The molecule has 1 aromatic heterocycles. The zero-order chi connectivity index (χ0) is 18.9. The molecule has 1 aliphatic rings. The molecule has 0 radical (unpaired) electrons. The van der Waals surface area contributed by atoms with Crippen molar-refractivity contribution >= 4 is 17.7 Å². The minimum absolute atomic E-state index is 0.228. The summed E-state index contributed by atoms with van der Waals surface area (Å²) in [4.78, 5) is 22.2. The molecule has 1 amide bonds. The number of halogens is 1. The highest BCUT2D eigenvalue weighted by Gasteiger charge is 2.29. The van der Waals surface area contributed by atoms with Gasteiger partial charge in [-0.25, -0.2) is 9.78 Å². The predicted molar refractivity (Wildman–Crippen MR) is 104 cm³/mol. The van der Waals surface area contributed by atoms with Crippen molar-refractivity contribution in [2.45, 2.75) is 52.1 Å². The van der Waals surface area contributed by atoms with E-state index in [9.17, 15) is 4.79 Å². The van der Waals surface area contributed by atoms with Gasteiger partial charge in [-0.2, -0.15) is 0 Å². The van der Waals surface area contributed by atoms with Gasteiger partial charge in [-0.1, -0.05) is 23.7 Å². The average molecular weight is 376 g/mol. The fourth-order valence-electron chi connectivity index (χ4n) is 3.24. The van der Waals surface area contributed by atoms with E-state index in [0.717, 1.165) is 40.6 Å². The van der Waals surface area contributed by atoms with Crippen molar-refractivity contribution in [3.8, 4) is 11.3 Å². The van der Waals surface area contributed by atoms with Crippen LogP contribution in [0.15, 0.2) is 24.3 Å². The van der Waals surface area contributed by atoms with Crippen LogP contribution in [-0.2, 0) is 4.74 Å². The summed E-state index contributed by atoms with van der Waals surface area (Å²) < 4.78 is 5.46. The van der Waals surface area contributed by atoms with E-state index in [-0.39, 0.29) is 6.09 Å². The summed E-state index contributed by atoms with van der Waals surface area (Å²) in [6, 6.07) is 7.77. The first-order chi connectivity index (χ1) is 12.2. The molecule has 1 fully saturated rings. The molecule has 0 spiro atoms. The lowest BCUT2D eigenvalue weighted by Gasteiger charge is -2.32. The number of aromatic nitrogens is 2. The first-order valence-corrected chi connectivity index (χ1v) is 9.41. The van der Waals surface area contributed by atoms with Gasteiger partial charge >= 0.3 is 6.09 Å². The number of hydrogen-bond donors (Lipinski definition) is 1. The summed E-state index contributed by atoms with van der Waals surface area (Å²) >= 11 is 5.98. The molecular formula is C20H26ClN3O2. The van der Waals surface area contributed by atoms with Gasteiger partial charge in [-0.15, -0.1) is 0 Å². The highest BCUT2D eigenvalue weighted by molar-refractivity contribution is 6.30. The first-order valence-electron chi connectivity index (χ1n) is 9.03. The Kier molecular flexibility index (Phi) is 5.28. The van der Waals surface area contributed by atoms with E-state index in [0.29, 0.717) is 19.0 Å². The van der Waals surface area contributed by atoms with Crippen molar-refractivity contribution < 1.29 is 9.53 Å². The number of nitrogens with zero attached hydrogens (tertiary/aromatic N) is 2. The van der Waals surface area contributed by atoms with E-state index in [2.05, 4.69) is 4.98 Å². The smallest absolute Gasteiger partial charge is 0.410 e. The number of aromatic amines is 1. The van der Waals surface area contributed by atoms with Gasteiger partial charge in [-0.05, 0) is 58.2 Å². The summed E-state index contributed by atoms with van der Waals surface area (Å²) in [6.07, 6.45) is 1.53. The van der Waals surface area contributed by atoms with Crippen LogP contribution in [0.2, 0.25) is 5.02 Å². The van der Waals surface area contributed by atoms with Gasteiger partial charge in [0.1, 0.15) is 11.4 Å². The lowest BCUT2D eigenvalue weighted by atomic mass is 9.96. The van der Waals surface area contributed by atoms with Crippen molar-refractivity contribution in [2.75, 3.05) is 13.1 Å². The molecule has 1 aliphatic heterocycles. The van der Waals surface area contributed by atoms with E-state index in [4.69, 9.17) is 21.3 Å². The van der Waals surface area contributed by atoms with Gasteiger partial charge in [-0.3, -0.25) is 0 Å². The molecule has 0 aliphatic carbocycles. The van der Waals surface area contributed by atoms with Gasteiger partial charge in [0.2, 0.25) is 0 Å². The number of likely N-dealkylation sites (tertiary alicyclic amines) is 1. The van der Waals surface area contributed by atoms with Crippen LogP contribution < -0.4 is 0 Å². The highest BCUT2D eigenvalue weighted by Crippen LogP contribution is 2.30. The Labute approximate surface area is 159 Å². The maximum absolute atomic E-state index is 12.2. The molecule has 0 bridgehead atoms. The van der Waals surface area contributed by atoms with Crippen LogP contribution in [0.5, 0.6) is 0 Å². The number of benzene rings is 1. The molecule has 1 aromatic carbocycles. The number of rotatable bonds is 2. The second-order valence-corrected chi connectivity index (χ2v) is 8.27. The Hall–Kier alpha value is -2.01. The Morgan fingerprint density at radius 1 is 1.23 bits per heavy atom. The number of nitrogens with one attached hydrogen (secondary N) is 1. The number of imidazole rings is 1. The van der Waals surface area contributed by atoms with Gasteiger partial charge < -0.3 is 14.6 Å². The zero-order valence-corrected chi connectivity index (χ0v) is 16.6. The number of H-pyrrole nitrogens is 1. The van der Waals surface area contributed by atoms with Crippen LogP contribution in [0.1, 0.15) is 51.0 Å². The molecule has 5 nitrogen and oxygen atoms in total. The third-order valence-corrected chi connectivity index (χ3v) is 4.82. The van der Waals surface area contributed by atoms with Crippen molar-refractivity contribution in [3.05, 3.63) is 40.8 Å². The van der Waals surface area contributed by atoms with Crippen molar-refractivity contribution in [1.82, 2.24) is 14.9 Å². The predicted octanol–water partition coefficient (Wildman–Crippen LogP) is 5.15. The van der Waals surface area contributed by atoms with Crippen molar-refractivity contribution in [3.63, 3.8) is 0 Å². The topological polar surface area (TPSA) is 58.2 Å². The molecule has 2 aromatic rings. The van der Waals surface area contributed by atoms with Crippen molar-refractivity contribution in [1.29, 1.82) is 0 Å². The van der Waals surface area contributed by atoms with Crippen LogP contribution in [-0.4, -0.2) is 39.7 Å². The second kappa shape index (κ2) is 7.31. The van der Waals surface area contributed by atoms with Gasteiger partial charge in [0, 0.05) is 24.0 Å². The Balaban J connectivity index is 1.66. The van der Waals surface area contributed by atoms with E-state index in [1.807, 2.05) is 52.0 Å². The fourth-order valence-corrected chi connectivity index (χ4v) is 3.36. The summed E-state index contributed by atoms with van der Waals surface area (Å²) in [7, 11) is 0. The van der Waals surface area contributed by atoms with Crippen LogP contribution in [0.4, 0.5) is 4.79 Å². The van der Waals surface area contributed by atoms with E-state index in [1.165, 1.54) is 0 Å². The SMILES string of the molecule is Cc1nc(C2CCN(C(=O)OC(C)(C)C)CC2)[nH]c1-c1ccc(Cl)cc1. The molecule has 3 rings (SSSR count). The van der Waals surface area contributed by atoms with Gasteiger partial charge in [0.05, 0.1) is 11.4 Å². The molecule has 140 valence electrons. The normalized spacial score (nSPS) is 16.0. The highest BCUT2D eigenvalue weighted by atomic mass is 35.5. The maximum Gasteiger partial charge on any atom is 0.410 e.